The van der Waals surface area contributed by atoms with Gasteiger partial charge in [-0.2, -0.15) is 0 Å². The van der Waals surface area contributed by atoms with Crippen LogP contribution in [0.2, 0.25) is 5.02 Å². The standard InChI is InChI=1S/C26H18ClFINO5S/c1-2-34-21-11-15(10-20(29)23(21)35-25(32)16-6-4-3-5-7-16)12-22-24(31)30(26(33)36-22)14-17-8-9-18(28)13-19(17)27/h3-13H,2,14H2,1H3/b22-12-. The number of hydrogen-bond donors (Lipinski definition) is 0. The molecule has 0 spiro atoms. The number of imide groups is 1. The number of thioether (sulfide) groups is 1. The van der Waals surface area contributed by atoms with Gasteiger partial charge in [0.05, 0.1) is 27.2 Å². The first-order valence-electron chi connectivity index (χ1n) is 10.7. The number of rotatable bonds is 7. The highest BCUT2D eigenvalue weighted by molar-refractivity contribution is 14.1. The minimum absolute atomic E-state index is 0.0722. The molecule has 2 amide bonds. The van der Waals surface area contributed by atoms with Crippen LogP contribution in [0.1, 0.15) is 28.4 Å². The Bertz CT molecular complexity index is 1380. The number of amides is 2. The summed E-state index contributed by atoms with van der Waals surface area (Å²) in [4.78, 5) is 39.4. The van der Waals surface area contributed by atoms with Gasteiger partial charge in [-0.05, 0) is 94.9 Å². The van der Waals surface area contributed by atoms with E-state index in [0.29, 0.717) is 32.6 Å². The lowest BCUT2D eigenvalue weighted by atomic mass is 10.1. The highest BCUT2D eigenvalue weighted by atomic mass is 127. The molecule has 6 nitrogen and oxygen atoms in total. The maximum absolute atomic E-state index is 13.3. The number of nitrogens with zero attached hydrogens (tertiary/aromatic N) is 1. The Labute approximate surface area is 229 Å². The van der Waals surface area contributed by atoms with E-state index in [9.17, 15) is 18.8 Å². The number of halogens is 3. The van der Waals surface area contributed by atoms with Crippen molar-refractivity contribution in [3.63, 3.8) is 0 Å². The summed E-state index contributed by atoms with van der Waals surface area (Å²) < 4.78 is 25.2. The van der Waals surface area contributed by atoms with Gasteiger partial charge in [0.15, 0.2) is 11.5 Å². The van der Waals surface area contributed by atoms with Crippen LogP contribution < -0.4 is 9.47 Å². The van der Waals surface area contributed by atoms with Gasteiger partial charge in [-0.15, -0.1) is 0 Å². The van der Waals surface area contributed by atoms with Crippen LogP contribution in [0, 0.1) is 9.39 Å². The molecule has 1 aliphatic rings. The van der Waals surface area contributed by atoms with E-state index in [0.717, 1.165) is 22.7 Å². The van der Waals surface area contributed by atoms with Crippen molar-refractivity contribution in [3.8, 4) is 11.5 Å². The van der Waals surface area contributed by atoms with Gasteiger partial charge in [0, 0.05) is 5.02 Å². The highest BCUT2D eigenvalue weighted by Crippen LogP contribution is 2.38. The maximum atomic E-state index is 13.3. The van der Waals surface area contributed by atoms with Crippen LogP contribution >= 0.6 is 46.0 Å². The van der Waals surface area contributed by atoms with Crippen molar-refractivity contribution < 1.29 is 28.2 Å². The second kappa shape index (κ2) is 11.4. The molecule has 1 fully saturated rings. The molecular weight excluding hydrogens is 620 g/mol. The molecule has 1 heterocycles. The third-order valence-corrected chi connectivity index (χ3v) is 7.11. The molecule has 0 atom stereocenters. The van der Waals surface area contributed by atoms with E-state index >= 15 is 0 Å². The van der Waals surface area contributed by atoms with Crippen molar-refractivity contribution in [1.82, 2.24) is 4.90 Å². The lowest BCUT2D eigenvalue weighted by molar-refractivity contribution is -0.123. The van der Waals surface area contributed by atoms with Crippen LogP contribution in [0.3, 0.4) is 0 Å². The van der Waals surface area contributed by atoms with Crippen LogP contribution in [0.15, 0.2) is 65.6 Å². The highest BCUT2D eigenvalue weighted by Gasteiger charge is 2.35. The van der Waals surface area contributed by atoms with Crippen LogP contribution in [-0.2, 0) is 11.3 Å². The normalized spacial score (nSPS) is 14.4. The molecule has 1 saturated heterocycles. The molecule has 0 bridgehead atoms. The Morgan fingerprint density at radius 1 is 1.14 bits per heavy atom. The molecule has 0 radical (unpaired) electrons. The van der Waals surface area contributed by atoms with Gasteiger partial charge in [-0.3, -0.25) is 14.5 Å². The average Bonchev–Trinajstić information content (AvgIpc) is 3.10. The van der Waals surface area contributed by atoms with Crippen LogP contribution in [0.4, 0.5) is 9.18 Å². The fourth-order valence-corrected chi connectivity index (χ4v) is 5.17. The molecule has 0 saturated carbocycles. The van der Waals surface area contributed by atoms with E-state index in [2.05, 4.69) is 0 Å². The zero-order chi connectivity index (χ0) is 25.8. The summed E-state index contributed by atoms with van der Waals surface area (Å²) in [6.07, 6.45) is 1.57. The van der Waals surface area contributed by atoms with Crippen molar-refractivity contribution in [2.75, 3.05) is 6.61 Å². The van der Waals surface area contributed by atoms with Gasteiger partial charge >= 0.3 is 5.97 Å². The zero-order valence-electron chi connectivity index (χ0n) is 18.8. The SMILES string of the molecule is CCOc1cc(/C=C2\SC(=O)N(Cc3ccc(F)cc3Cl)C2=O)cc(I)c1OC(=O)c1ccccc1. The molecule has 3 aromatic carbocycles. The molecule has 0 unspecified atom stereocenters. The van der Waals surface area contributed by atoms with Gasteiger partial charge < -0.3 is 9.47 Å². The molecule has 10 heteroatoms. The first kappa shape index (κ1) is 26.2. The lowest BCUT2D eigenvalue weighted by Gasteiger charge is -2.14. The molecule has 4 rings (SSSR count). The number of hydrogen-bond acceptors (Lipinski definition) is 6. The van der Waals surface area contributed by atoms with Gasteiger partial charge in [0.2, 0.25) is 0 Å². The van der Waals surface area contributed by atoms with E-state index < -0.39 is 22.9 Å². The Kier molecular flexibility index (Phi) is 8.32. The lowest BCUT2D eigenvalue weighted by Crippen LogP contribution is -2.27. The molecule has 0 aromatic heterocycles. The quantitative estimate of drug-likeness (QED) is 0.121. The predicted octanol–water partition coefficient (Wildman–Crippen LogP) is 6.94. The molecule has 3 aromatic rings. The monoisotopic (exact) mass is 637 g/mol. The second-order valence-electron chi connectivity index (χ2n) is 7.52. The second-order valence-corrected chi connectivity index (χ2v) is 10.1. The summed E-state index contributed by atoms with van der Waals surface area (Å²) in [6, 6.07) is 15.8. The summed E-state index contributed by atoms with van der Waals surface area (Å²) >= 11 is 8.88. The van der Waals surface area contributed by atoms with Crippen molar-refractivity contribution >= 4 is 69.1 Å². The van der Waals surface area contributed by atoms with Gasteiger partial charge in [0.25, 0.3) is 11.1 Å². The molecular formula is C26H18ClFINO5S. The summed E-state index contributed by atoms with van der Waals surface area (Å²) in [7, 11) is 0. The molecule has 1 aliphatic heterocycles. The topological polar surface area (TPSA) is 72.9 Å². The largest absolute Gasteiger partial charge is 0.490 e. The number of carbonyl (C=O) groups excluding carboxylic acids is 3. The smallest absolute Gasteiger partial charge is 0.343 e. The Morgan fingerprint density at radius 3 is 2.58 bits per heavy atom. The third-order valence-electron chi connectivity index (χ3n) is 5.05. The third kappa shape index (κ3) is 5.91. The maximum Gasteiger partial charge on any atom is 0.343 e. The minimum Gasteiger partial charge on any atom is -0.490 e. The fraction of sp³-hybridized carbons (Fsp3) is 0.115. The van der Waals surface area contributed by atoms with Gasteiger partial charge in [-0.25, -0.2) is 9.18 Å². The predicted molar refractivity (Wildman–Crippen MR) is 145 cm³/mol. The summed E-state index contributed by atoms with van der Waals surface area (Å²) in [6.45, 7) is 2.05. The average molecular weight is 638 g/mol. The number of esters is 1. The molecule has 0 aliphatic carbocycles. The van der Waals surface area contributed by atoms with Gasteiger partial charge in [-0.1, -0.05) is 35.9 Å². The fourth-order valence-electron chi connectivity index (χ4n) is 3.37. The Hall–Kier alpha value is -2.89. The van der Waals surface area contributed by atoms with Crippen LogP contribution in [-0.4, -0.2) is 28.6 Å². The van der Waals surface area contributed by atoms with Crippen molar-refractivity contribution in [1.29, 1.82) is 0 Å². The minimum atomic E-state index is -0.525. The van der Waals surface area contributed by atoms with E-state index in [1.54, 1.807) is 55.5 Å². The number of benzene rings is 3. The van der Waals surface area contributed by atoms with Crippen LogP contribution in [0.5, 0.6) is 11.5 Å². The Balaban J connectivity index is 1.59. The van der Waals surface area contributed by atoms with Crippen molar-refractivity contribution in [2.45, 2.75) is 13.5 Å². The summed E-state index contributed by atoms with van der Waals surface area (Å²) in [5.74, 6) is -0.920. The summed E-state index contributed by atoms with van der Waals surface area (Å²) in [5.41, 5.74) is 1.45. The number of carbonyl (C=O) groups is 3. The van der Waals surface area contributed by atoms with Gasteiger partial charge in [0.1, 0.15) is 5.82 Å². The number of ether oxygens (including phenoxy) is 2. The Morgan fingerprint density at radius 2 is 1.89 bits per heavy atom. The van der Waals surface area contributed by atoms with E-state index in [1.165, 1.54) is 12.1 Å². The first-order chi connectivity index (χ1) is 17.3. The summed E-state index contributed by atoms with van der Waals surface area (Å²) in [5, 5.41) is -0.325. The molecule has 184 valence electrons. The van der Waals surface area contributed by atoms with E-state index in [1.807, 2.05) is 22.6 Å². The van der Waals surface area contributed by atoms with E-state index in [-0.39, 0.29) is 22.2 Å². The van der Waals surface area contributed by atoms with Crippen LogP contribution in [0.25, 0.3) is 6.08 Å². The zero-order valence-corrected chi connectivity index (χ0v) is 22.5. The van der Waals surface area contributed by atoms with E-state index in [4.69, 9.17) is 21.1 Å². The van der Waals surface area contributed by atoms with Crippen molar-refractivity contribution in [3.05, 3.63) is 96.7 Å². The first-order valence-corrected chi connectivity index (χ1v) is 13.0. The molecule has 36 heavy (non-hydrogen) atoms. The molecule has 0 N–H and O–H groups in total. The van der Waals surface area contributed by atoms with Crippen molar-refractivity contribution in [2.24, 2.45) is 0 Å².